The molecule has 1 atom stereocenters. The van der Waals surface area contributed by atoms with Gasteiger partial charge in [-0.25, -0.2) is 4.98 Å². The van der Waals surface area contributed by atoms with E-state index < -0.39 is 5.25 Å². The third kappa shape index (κ3) is 4.25. The average molecular weight is 431 g/mol. The van der Waals surface area contributed by atoms with Crippen molar-refractivity contribution in [3.8, 4) is 11.4 Å². The molecule has 1 heterocycles. The highest BCUT2D eigenvalue weighted by Crippen LogP contribution is 2.28. The average Bonchev–Trinajstić information content (AvgIpc) is 2.79. The Morgan fingerprint density at radius 2 is 1.77 bits per heavy atom. The fraction of sp³-hybridized carbons (Fsp3) is 0.160. The number of para-hydroxylation sites is 1. The first-order chi connectivity index (χ1) is 15.0. The molecular weight excluding hydrogens is 408 g/mol. The van der Waals surface area contributed by atoms with Crippen molar-refractivity contribution in [2.75, 3.05) is 7.11 Å². The monoisotopic (exact) mass is 430 g/mol. The molecular formula is C25H22N2O3S. The largest absolute Gasteiger partial charge is 0.497 e. The molecule has 0 amide bonds. The number of methoxy groups -OCH3 is 1. The summed E-state index contributed by atoms with van der Waals surface area (Å²) in [5.74, 6) is 0.627. The highest BCUT2D eigenvalue weighted by atomic mass is 32.2. The quantitative estimate of drug-likeness (QED) is 0.243. The maximum atomic E-state index is 13.4. The number of nitrogens with zero attached hydrogens (tertiary/aromatic N) is 2. The second-order valence-corrected chi connectivity index (χ2v) is 8.55. The van der Waals surface area contributed by atoms with Gasteiger partial charge in [-0.15, -0.1) is 0 Å². The lowest BCUT2D eigenvalue weighted by Crippen LogP contribution is -2.23. The van der Waals surface area contributed by atoms with Gasteiger partial charge in [-0.1, -0.05) is 59.8 Å². The van der Waals surface area contributed by atoms with Crippen molar-refractivity contribution < 1.29 is 9.53 Å². The van der Waals surface area contributed by atoms with E-state index in [2.05, 4.69) is 0 Å². The van der Waals surface area contributed by atoms with E-state index in [1.807, 2.05) is 74.5 Å². The molecule has 3 aromatic carbocycles. The highest BCUT2D eigenvalue weighted by molar-refractivity contribution is 8.00. The molecule has 0 radical (unpaired) electrons. The van der Waals surface area contributed by atoms with Crippen molar-refractivity contribution in [3.63, 3.8) is 0 Å². The van der Waals surface area contributed by atoms with Gasteiger partial charge in [-0.3, -0.25) is 14.2 Å². The van der Waals surface area contributed by atoms with Crippen molar-refractivity contribution >= 4 is 28.4 Å². The fourth-order valence-electron chi connectivity index (χ4n) is 3.33. The molecule has 31 heavy (non-hydrogen) atoms. The summed E-state index contributed by atoms with van der Waals surface area (Å²) in [6, 6.07) is 22.0. The Labute approximate surface area is 184 Å². The molecule has 0 N–H and O–H groups in total. The van der Waals surface area contributed by atoms with E-state index in [4.69, 9.17) is 9.72 Å². The van der Waals surface area contributed by atoms with Gasteiger partial charge in [0.2, 0.25) is 0 Å². The van der Waals surface area contributed by atoms with Crippen LogP contribution in [0.4, 0.5) is 0 Å². The van der Waals surface area contributed by atoms with Gasteiger partial charge >= 0.3 is 0 Å². The summed E-state index contributed by atoms with van der Waals surface area (Å²) in [6.07, 6.45) is 0. The van der Waals surface area contributed by atoms with Crippen LogP contribution in [0, 0.1) is 6.92 Å². The van der Waals surface area contributed by atoms with Gasteiger partial charge < -0.3 is 4.74 Å². The number of rotatable bonds is 6. The highest BCUT2D eigenvalue weighted by Gasteiger charge is 2.21. The molecule has 0 aliphatic carbocycles. The summed E-state index contributed by atoms with van der Waals surface area (Å²) in [5.41, 5.74) is 2.79. The Kier molecular flexibility index (Phi) is 5.91. The van der Waals surface area contributed by atoms with Crippen molar-refractivity contribution in [3.05, 3.63) is 94.3 Å². The van der Waals surface area contributed by atoms with E-state index in [9.17, 15) is 9.59 Å². The molecule has 0 aliphatic heterocycles. The number of fused-ring (bicyclic) bond motifs is 1. The topological polar surface area (TPSA) is 61.2 Å². The number of aryl methyl sites for hydroxylation is 1. The minimum atomic E-state index is -0.423. The first-order valence-corrected chi connectivity index (χ1v) is 10.8. The Morgan fingerprint density at radius 1 is 1.03 bits per heavy atom. The first kappa shape index (κ1) is 20.9. The molecule has 0 saturated heterocycles. The van der Waals surface area contributed by atoms with Crippen molar-refractivity contribution in [2.45, 2.75) is 24.3 Å². The zero-order chi connectivity index (χ0) is 22.0. The van der Waals surface area contributed by atoms with Crippen LogP contribution < -0.4 is 10.3 Å². The van der Waals surface area contributed by atoms with Gasteiger partial charge in [0.1, 0.15) is 5.75 Å². The van der Waals surface area contributed by atoms with Crippen LogP contribution in [0.15, 0.2) is 82.7 Å². The van der Waals surface area contributed by atoms with Crippen LogP contribution in [-0.2, 0) is 0 Å². The molecule has 5 nitrogen and oxygen atoms in total. The van der Waals surface area contributed by atoms with Gasteiger partial charge in [-0.05, 0) is 38.1 Å². The molecule has 0 bridgehead atoms. The Bertz CT molecular complexity index is 1310. The summed E-state index contributed by atoms with van der Waals surface area (Å²) >= 11 is 1.28. The predicted molar refractivity (Wildman–Crippen MR) is 125 cm³/mol. The van der Waals surface area contributed by atoms with Crippen molar-refractivity contribution in [1.29, 1.82) is 0 Å². The van der Waals surface area contributed by atoms with Crippen LogP contribution in [0.1, 0.15) is 22.8 Å². The first-order valence-electron chi connectivity index (χ1n) is 9.91. The number of hydrogen-bond donors (Lipinski definition) is 0. The maximum absolute atomic E-state index is 13.4. The third-order valence-corrected chi connectivity index (χ3v) is 6.10. The number of ether oxygens (including phenoxy) is 1. The van der Waals surface area contributed by atoms with E-state index in [0.717, 1.165) is 5.56 Å². The molecule has 156 valence electrons. The lowest BCUT2D eigenvalue weighted by atomic mass is 10.1. The number of carbonyl (C=O) groups is 1. The number of aromatic nitrogens is 2. The number of carbonyl (C=O) groups excluding carboxylic acids is 1. The van der Waals surface area contributed by atoms with Crippen LogP contribution in [0.25, 0.3) is 16.6 Å². The SMILES string of the molecule is COc1cccc(-n2c(SC(C)C(=O)c3ccc(C)cc3)nc3ccccc3c2=O)c1. The summed E-state index contributed by atoms with van der Waals surface area (Å²) in [6.45, 7) is 3.82. The summed E-state index contributed by atoms with van der Waals surface area (Å²) in [5, 5.41) is 0.560. The van der Waals surface area contributed by atoms with Gasteiger partial charge in [-0.2, -0.15) is 0 Å². The fourth-order valence-corrected chi connectivity index (χ4v) is 4.34. The lowest BCUT2D eigenvalue weighted by molar-refractivity contribution is 0.0994. The van der Waals surface area contributed by atoms with Gasteiger partial charge in [0.25, 0.3) is 5.56 Å². The summed E-state index contributed by atoms with van der Waals surface area (Å²) in [4.78, 5) is 31.1. The van der Waals surface area contributed by atoms with E-state index in [-0.39, 0.29) is 11.3 Å². The van der Waals surface area contributed by atoms with Gasteiger partial charge in [0.05, 0.1) is 29.0 Å². The maximum Gasteiger partial charge on any atom is 0.266 e. The molecule has 4 rings (SSSR count). The zero-order valence-electron chi connectivity index (χ0n) is 17.5. The number of benzene rings is 3. The summed E-state index contributed by atoms with van der Waals surface area (Å²) < 4.78 is 6.88. The molecule has 1 aromatic heterocycles. The van der Waals surface area contributed by atoms with Crippen LogP contribution in [-0.4, -0.2) is 27.7 Å². The third-order valence-electron chi connectivity index (χ3n) is 5.04. The van der Waals surface area contributed by atoms with Gasteiger partial charge in [0, 0.05) is 11.6 Å². The molecule has 0 spiro atoms. The van der Waals surface area contributed by atoms with Crippen LogP contribution in [0.2, 0.25) is 0 Å². The smallest absolute Gasteiger partial charge is 0.266 e. The standard InChI is InChI=1S/C25H22N2O3S/c1-16-11-13-18(14-12-16)23(28)17(2)31-25-26-22-10-5-4-9-21(22)24(29)27(25)19-7-6-8-20(15-19)30-3/h4-15,17H,1-3H3. The minimum Gasteiger partial charge on any atom is -0.497 e. The molecule has 4 aromatic rings. The predicted octanol–water partition coefficient (Wildman–Crippen LogP) is 5.07. The molecule has 0 saturated carbocycles. The van der Waals surface area contributed by atoms with Crippen LogP contribution >= 0.6 is 11.8 Å². The minimum absolute atomic E-state index is 0.00963. The van der Waals surface area contributed by atoms with Crippen LogP contribution in [0.5, 0.6) is 5.75 Å². The Balaban J connectivity index is 1.81. The normalized spacial score (nSPS) is 12.0. The Hall–Kier alpha value is -3.38. The lowest BCUT2D eigenvalue weighted by Gasteiger charge is -2.16. The Morgan fingerprint density at radius 3 is 2.52 bits per heavy atom. The summed E-state index contributed by atoms with van der Waals surface area (Å²) in [7, 11) is 1.58. The number of hydrogen-bond acceptors (Lipinski definition) is 5. The van der Waals surface area contributed by atoms with E-state index in [1.165, 1.54) is 11.8 Å². The van der Waals surface area contributed by atoms with E-state index in [1.54, 1.807) is 23.8 Å². The van der Waals surface area contributed by atoms with Crippen molar-refractivity contribution in [2.24, 2.45) is 0 Å². The van der Waals surface area contributed by atoms with Gasteiger partial charge in [0.15, 0.2) is 10.9 Å². The number of Topliss-reactive ketones (excluding diaryl/α,β-unsaturated/α-hetero) is 1. The zero-order valence-corrected chi connectivity index (χ0v) is 18.3. The second-order valence-electron chi connectivity index (χ2n) is 7.24. The van der Waals surface area contributed by atoms with E-state index in [0.29, 0.717) is 33.1 Å². The van der Waals surface area contributed by atoms with Crippen molar-refractivity contribution in [1.82, 2.24) is 9.55 Å². The number of thioether (sulfide) groups is 1. The van der Waals surface area contributed by atoms with E-state index >= 15 is 0 Å². The second kappa shape index (κ2) is 8.78. The van der Waals surface area contributed by atoms with Crippen LogP contribution in [0.3, 0.4) is 0 Å². The number of ketones is 1. The molecule has 0 aliphatic rings. The molecule has 6 heteroatoms. The molecule has 0 fully saturated rings. The molecule has 1 unspecified atom stereocenters.